The highest BCUT2D eigenvalue weighted by molar-refractivity contribution is 5.73. The lowest BCUT2D eigenvalue weighted by molar-refractivity contribution is -0.131. The summed E-state index contributed by atoms with van der Waals surface area (Å²) < 4.78 is 5.00. The molecule has 3 rings (SSSR count). The SMILES string of the molecule is CC(=O)N(Cc1noc(C)n1)[C@H]1CCN(CCc2ccccn2)C1. The number of carbonyl (C=O) groups excluding carboxylic acids is 1. The fourth-order valence-corrected chi connectivity index (χ4v) is 3.14. The Balaban J connectivity index is 1.55. The molecular formula is C17H23N5O2. The van der Waals surface area contributed by atoms with Crippen molar-refractivity contribution in [2.75, 3.05) is 19.6 Å². The van der Waals surface area contributed by atoms with Crippen molar-refractivity contribution in [1.29, 1.82) is 0 Å². The number of carbonyl (C=O) groups is 1. The molecule has 1 aliphatic rings. The van der Waals surface area contributed by atoms with Gasteiger partial charge in [-0.25, -0.2) is 0 Å². The molecule has 1 atom stereocenters. The summed E-state index contributed by atoms with van der Waals surface area (Å²) in [5.41, 5.74) is 1.10. The molecule has 1 fully saturated rings. The molecule has 0 unspecified atom stereocenters. The van der Waals surface area contributed by atoms with Crippen molar-refractivity contribution in [2.24, 2.45) is 0 Å². The van der Waals surface area contributed by atoms with Crippen molar-refractivity contribution in [3.8, 4) is 0 Å². The van der Waals surface area contributed by atoms with Gasteiger partial charge in [-0.3, -0.25) is 9.78 Å². The third-order valence-corrected chi connectivity index (χ3v) is 4.38. The molecule has 3 heterocycles. The summed E-state index contributed by atoms with van der Waals surface area (Å²) in [6, 6.07) is 6.19. The Kier molecular flexibility index (Phi) is 5.20. The Morgan fingerprint density at radius 2 is 2.33 bits per heavy atom. The maximum absolute atomic E-state index is 12.0. The first kappa shape index (κ1) is 16.6. The molecule has 0 radical (unpaired) electrons. The minimum Gasteiger partial charge on any atom is -0.340 e. The number of likely N-dealkylation sites (tertiary alicyclic amines) is 1. The van der Waals surface area contributed by atoms with E-state index in [9.17, 15) is 4.79 Å². The molecule has 0 spiro atoms. The lowest BCUT2D eigenvalue weighted by atomic mass is 10.2. The van der Waals surface area contributed by atoms with Crippen molar-refractivity contribution < 1.29 is 9.32 Å². The predicted molar refractivity (Wildman–Crippen MR) is 88.0 cm³/mol. The Morgan fingerprint density at radius 3 is 3.00 bits per heavy atom. The van der Waals surface area contributed by atoms with Crippen molar-refractivity contribution in [3.63, 3.8) is 0 Å². The van der Waals surface area contributed by atoms with Crippen LogP contribution in [0.3, 0.4) is 0 Å². The monoisotopic (exact) mass is 329 g/mol. The third kappa shape index (κ3) is 4.17. The minimum atomic E-state index is 0.0500. The van der Waals surface area contributed by atoms with Crippen LogP contribution in [0.15, 0.2) is 28.9 Å². The van der Waals surface area contributed by atoms with E-state index in [0.29, 0.717) is 18.3 Å². The lowest BCUT2D eigenvalue weighted by Gasteiger charge is -2.27. The van der Waals surface area contributed by atoms with Crippen LogP contribution in [0, 0.1) is 6.92 Å². The van der Waals surface area contributed by atoms with Gasteiger partial charge in [-0.1, -0.05) is 11.2 Å². The van der Waals surface area contributed by atoms with Gasteiger partial charge < -0.3 is 14.3 Å². The number of aromatic nitrogens is 3. The number of hydrogen-bond acceptors (Lipinski definition) is 6. The summed E-state index contributed by atoms with van der Waals surface area (Å²) >= 11 is 0. The molecule has 2 aromatic rings. The average Bonchev–Trinajstić information content (AvgIpc) is 3.20. The second-order valence-electron chi connectivity index (χ2n) is 6.19. The van der Waals surface area contributed by atoms with Crippen LogP contribution in [0.25, 0.3) is 0 Å². The van der Waals surface area contributed by atoms with Gasteiger partial charge in [-0.2, -0.15) is 4.98 Å². The van der Waals surface area contributed by atoms with Crippen LogP contribution in [0.2, 0.25) is 0 Å². The number of pyridine rings is 1. The van der Waals surface area contributed by atoms with Crippen LogP contribution in [0.1, 0.15) is 30.8 Å². The Hall–Kier alpha value is -2.28. The number of hydrogen-bond donors (Lipinski definition) is 0. The van der Waals surface area contributed by atoms with E-state index >= 15 is 0 Å². The molecule has 0 aliphatic carbocycles. The van der Waals surface area contributed by atoms with E-state index in [1.54, 1.807) is 13.8 Å². The fourth-order valence-electron chi connectivity index (χ4n) is 3.14. The molecule has 1 saturated heterocycles. The van der Waals surface area contributed by atoms with Crippen LogP contribution in [-0.2, 0) is 17.8 Å². The molecule has 24 heavy (non-hydrogen) atoms. The zero-order chi connectivity index (χ0) is 16.9. The Morgan fingerprint density at radius 1 is 1.46 bits per heavy atom. The normalized spacial score (nSPS) is 18.0. The number of aryl methyl sites for hydroxylation is 1. The minimum absolute atomic E-state index is 0.0500. The molecule has 2 aromatic heterocycles. The van der Waals surface area contributed by atoms with Crippen LogP contribution in [0.4, 0.5) is 0 Å². The number of amides is 1. The van der Waals surface area contributed by atoms with Gasteiger partial charge in [0, 0.05) is 57.8 Å². The molecule has 0 saturated carbocycles. The van der Waals surface area contributed by atoms with Crippen LogP contribution in [-0.4, -0.2) is 56.5 Å². The molecule has 1 aliphatic heterocycles. The van der Waals surface area contributed by atoms with Gasteiger partial charge in [-0.05, 0) is 18.6 Å². The zero-order valence-corrected chi connectivity index (χ0v) is 14.2. The van der Waals surface area contributed by atoms with E-state index in [-0.39, 0.29) is 11.9 Å². The molecule has 0 bridgehead atoms. The third-order valence-electron chi connectivity index (χ3n) is 4.38. The lowest BCUT2D eigenvalue weighted by Crippen LogP contribution is -2.40. The van der Waals surface area contributed by atoms with E-state index in [0.717, 1.165) is 38.2 Å². The number of rotatable bonds is 6. The zero-order valence-electron chi connectivity index (χ0n) is 14.2. The van der Waals surface area contributed by atoms with Gasteiger partial charge >= 0.3 is 0 Å². The molecule has 1 amide bonds. The highest BCUT2D eigenvalue weighted by Crippen LogP contribution is 2.18. The van der Waals surface area contributed by atoms with Gasteiger partial charge in [0.1, 0.15) is 0 Å². The average molecular weight is 329 g/mol. The van der Waals surface area contributed by atoms with Gasteiger partial charge in [-0.15, -0.1) is 0 Å². The summed E-state index contributed by atoms with van der Waals surface area (Å²) in [6.07, 6.45) is 3.73. The van der Waals surface area contributed by atoms with E-state index < -0.39 is 0 Å². The summed E-state index contributed by atoms with van der Waals surface area (Å²) in [6.45, 7) is 6.59. The maximum Gasteiger partial charge on any atom is 0.223 e. The van der Waals surface area contributed by atoms with Gasteiger partial charge in [0.15, 0.2) is 5.82 Å². The second-order valence-corrected chi connectivity index (χ2v) is 6.19. The van der Waals surface area contributed by atoms with Gasteiger partial charge in [0.25, 0.3) is 0 Å². The summed E-state index contributed by atoms with van der Waals surface area (Å²) in [4.78, 5) is 24.8. The summed E-state index contributed by atoms with van der Waals surface area (Å²) in [5.74, 6) is 1.14. The summed E-state index contributed by atoms with van der Waals surface area (Å²) in [7, 11) is 0. The van der Waals surface area contributed by atoms with Crippen LogP contribution >= 0.6 is 0 Å². The molecule has 0 aromatic carbocycles. The van der Waals surface area contributed by atoms with E-state index in [1.807, 2.05) is 29.3 Å². The predicted octanol–water partition coefficient (Wildman–Crippen LogP) is 1.44. The smallest absolute Gasteiger partial charge is 0.223 e. The Bertz CT molecular complexity index is 673. The van der Waals surface area contributed by atoms with Crippen molar-refractivity contribution in [3.05, 3.63) is 41.8 Å². The van der Waals surface area contributed by atoms with E-state index in [2.05, 4.69) is 20.0 Å². The first-order valence-corrected chi connectivity index (χ1v) is 8.30. The van der Waals surface area contributed by atoms with Crippen molar-refractivity contribution >= 4 is 5.91 Å². The van der Waals surface area contributed by atoms with Crippen LogP contribution < -0.4 is 0 Å². The quantitative estimate of drug-likeness (QED) is 0.798. The number of nitrogens with zero attached hydrogens (tertiary/aromatic N) is 5. The van der Waals surface area contributed by atoms with E-state index in [4.69, 9.17) is 4.52 Å². The molecular weight excluding hydrogens is 306 g/mol. The molecule has 0 N–H and O–H groups in total. The first-order chi connectivity index (χ1) is 11.6. The standard InChI is InChI=1S/C17H23N5O2/c1-13-19-17(20-24-13)12-22(14(2)23)16-7-10-21(11-16)9-6-15-5-3-4-8-18-15/h3-5,8,16H,6-7,9-12H2,1-2H3/t16-/m0/s1. The largest absolute Gasteiger partial charge is 0.340 e. The molecule has 128 valence electrons. The first-order valence-electron chi connectivity index (χ1n) is 8.30. The fraction of sp³-hybridized carbons (Fsp3) is 0.529. The highest BCUT2D eigenvalue weighted by Gasteiger charge is 2.30. The second kappa shape index (κ2) is 7.53. The molecule has 7 heteroatoms. The highest BCUT2D eigenvalue weighted by atomic mass is 16.5. The topological polar surface area (TPSA) is 75.4 Å². The van der Waals surface area contributed by atoms with Crippen molar-refractivity contribution in [2.45, 2.75) is 39.3 Å². The van der Waals surface area contributed by atoms with Gasteiger partial charge in [0.2, 0.25) is 11.8 Å². The molecule has 7 nitrogen and oxygen atoms in total. The summed E-state index contributed by atoms with van der Waals surface area (Å²) in [5, 5.41) is 3.90. The van der Waals surface area contributed by atoms with E-state index in [1.165, 1.54) is 0 Å². The van der Waals surface area contributed by atoms with Gasteiger partial charge in [0.05, 0.1) is 6.54 Å². The Labute approximate surface area is 141 Å². The van der Waals surface area contributed by atoms with Crippen molar-refractivity contribution in [1.82, 2.24) is 24.9 Å². The maximum atomic E-state index is 12.0. The van der Waals surface area contributed by atoms with Crippen LogP contribution in [0.5, 0.6) is 0 Å².